The first-order chi connectivity index (χ1) is 9.33. The molecule has 0 amide bonds. The average Bonchev–Trinajstić information content (AvgIpc) is 2.48. The Bertz CT molecular complexity index is 352. The lowest BCUT2D eigenvalue weighted by atomic mass is 10.1. The Hall–Kier alpha value is -0.420. The fraction of sp³-hybridized carbons (Fsp3) is 0.600. The second-order valence-corrected chi connectivity index (χ2v) is 5.39. The van der Waals surface area contributed by atoms with Gasteiger partial charge in [-0.2, -0.15) is 0 Å². The summed E-state index contributed by atoms with van der Waals surface area (Å²) in [6.45, 7) is 8.36. The number of halogens is 1. The van der Waals surface area contributed by atoms with Gasteiger partial charge in [0, 0.05) is 39.3 Å². The zero-order valence-corrected chi connectivity index (χ0v) is 13.2. The van der Waals surface area contributed by atoms with Crippen LogP contribution < -0.4 is 0 Å². The van der Waals surface area contributed by atoms with Crippen molar-refractivity contribution in [3.8, 4) is 0 Å². The molecule has 1 aromatic carbocycles. The van der Waals surface area contributed by atoms with Crippen LogP contribution >= 0.6 is 15.9 Å². The Labute approximate surface area is 124 Å². The van der Waals surface area contributed by atoms with E-state index in [1.54, 1.807) is 0 Å². The molecule has 0 saturated carbocycles. The van der Waals surface area contributed by atoms with Gasteiger partial charge in [-0.05, 0) is 12.5 Å². The summed E-state index contributed by atoms with van der Waals surface area (Å²) in [4.78, 5) is 4.93. The highest BCUT2D eigenvalue weighted by Gasteiger charge is 2.20. The summed E-state index contributed by atoms with van der Waals surface area (Å²) < 4.78 is 5.92. The molecule has 1 aliphatic rings. The first-order valence-electron chi connectivity index (χ1n) is 7.00. The second-order valence-electron chi connectivity index (χ2n) is 4.89. The van der Waals surface area contributed by atoms with Gasteiger partial charge < -0.3 is 4.74 Å². The first kappa shape index (κ1) is 15.0. The van der Waals surface area contributed by atoms with Gasteiger partial charge in [-0.1, -0.05) is 46.3 Å². The molecule has 0 spiro atoms. The van der Waals surface area contributed by atoms with Crippen molar-refractivity contribution in [2.75, 3.05) is 44.8 Å². The van der Waals surface area contributed by atoms with Gasteiger partial charge in [0.2, 0.25) is 0 Å². The molecule has 2 rings (SSSR count). The highest BCUT2D eigenvalue weighted by atomic mass is 79.9. The Morgan fingerprint density at radius 2 is 1.74 bits per heavy atom. The maximum absolute atomic E-state index is 5.92. The van der Waals surface area contributed by atoms with Gasteiger partial charge in [-0.15, -0.1) is 0 Å². The molecule has 19 heavy (non-hydrogen) atoms. The van der Waals surface area contributed by atoms with Crippen molar-refractivity contribution in [3.63, 3.8) is 0 Å². The number of hydrogen-bond donors (Lipinski definition) is 0. The van der Waals surface area contributed by atoms with E-state index in [0.717, 1.165) is 44.8 Å². The summed E-state index contributed by atoms with van der Waals surface area (Å²) in [6, 6.07) is 10.6. The summed E-state index contributed by atoms with van der Waals surface area (Å²) >= 11 is 3.53. The molecule has 4 heteroatoms. The Morgan fingerprint density at radius 3 is 2.32 bits per heavy atom. The fourth-order valence-corrected chi connectivity index (χ4v) is 2.95. The van der Waals surface area contributed by atoms with E-state index in [0.29, 0.717) is 0 Å². The van der Waals surface area contributed by atoms with Gasteiger partial charge in [0.15, 0.2) is 0 Å². The Balaban J connectivity index is 1.91. The third-order valence-electron chi connectivity index (χ3n) is 3.60. The monoisotopic (exact) mass is 326 g/mol. The molecule has 0 aliphatic carbocycles. The van der Waals surface area contributed by atoms with E-state index in [1.165, 1.54) is 5.56 Å². The molecule has 1 saturated heterocycles. The minimum absolute atomic E-state index is 0.196. The number of nitrogens with zero attached hydrogens (tertiary/aromatic N) is 2. The molecule has 1 heterocycles. The third kappa shape index (κ3) is 4.56. The molecule has 1 fully saturated rings. The van der Waals surface area contributed by atoms with Gasteiger partial charge in [0.25, 0.3) is 0 Å². The maximum Gasteiger partial charge on any atom is 0.0951 e. The molecule has 1 aromatic rings. The van der Waals surface area contributed by atoms with Crippen LogP contribution in [-0.4, -0.2) is 54.6 Å². The van der Waals surface area contributed by atoms with Gasteiger partial charge in [-0.3, -0.25) is 9.80 Å². The van der Waals surface area contributed by atoms with Crippen LogP contribution in [0.15, 0.2) is 30.3 Å². The van der Waals surface area contributed by atoms with E-state index in [2.05, 4.69) is 63.0 Å². The smallest absolute Gasteiger partial charge is 0.0951 e. The van der Waals surface area contributed by atoms with Crippen LogP contribution in [0.25, 0.3) is 0 Å². The van der Waals surface area contributed by atoms with Crippen LogP contribution in [0.5, 0.6) is 0 Å². The van der Waals surface area contributed by atoms with Crippen molar-refractivity contribution in [1.82, 2.24) is 9.80 Å². The van der Waals surface area contributed by atoms with Crippen LogP contribution in [0.1, 0.15) is 18.6 Å². The van der Waals surface area contributed by atoms with E-state index < -0.39 is 0 Å². The minimum atomic E-state index is 0.196. The predicted octanol–water partition coefficient (Wildman–Crippen LogP) is 2.73. The second kappa shape index (κ2) is 8.00. The van der Waals surface area contributed by atoms with E-state index >= 15 is 0 Å². The van der Waals surface area contributed by atoms with E-state index in [-0.39, 0.29) is 6.10 Å². The van der Waals surface area contributed by atoms with Crippen molar-refractivity contribution < 1.29 is 4.74 Å². The van der Waals surface area contributed by atoms with Crippen molar-refractivity contribution in [3.05, 3.63) is 35.9 Å². The maximum atomic E-state index is 5.92. The number of rotatable bonds is 6. The lowest BCUT2D eigenvalue weighted by Crippen LogP contribution is -2.47. The summed E-state index contributed by atoms with van der Waals surface area (Å²) in [5, 5.41) is 0. The molecular formula is C15H23BrN2O. The molecule has 1 aliphatic heterocycles. The molecule has 0 aromatic heterocycles. The number of benzene rings is 1. The standard InChI is InChI=1S/C15H23BrN2O/c1-2-19-15(14-6-4-3-5-7-14)12-17-8-10-18(13-16)11-9-17/h3-7,15H,2,8-13H2,1H3. The first-order valence-corrected chi connectivity index (χ1v) is 8.13. The van der Waals surface area contributed by atoms with Gasteiger partial charge in [0.05, 0.1) is 11.6 Å². The molecular weight excluding hydrogens is 304 g/mol. The molecule has 0 bridgehead atoms. The largest absolute Gasteiger partial charge is 0.372 e. The molecule has 1 unspecified atom stereocenters. The molecule has 1 atom stereocenters. The van der Waals surface area contributed by atoms with E-state index in [1.807, 2.05) is 0 Å². The summed E-state index contributed by atoms with van der Waals surface area (Å²) in [5.41, 5.74) is 2.27. The Morgan fingerprint density at radius 1 is 1.11 bits per heavy atom. The fourth-order valence-electron chi connectivity index (χ4n) is 2.45. The zero-order chi connectivity index (χ0) is 13.5. The van der Waals surface area contributed by atoms with Crippen molar-refractivity contribution in [2.45, 2.75) is 13.0 Å². The highest BCUT2D eigenvalue weighted by molar-refractivity contribution is 9.09. The quantitative estimate of drug-likeness (QED) is 0.590. The lowest BCUT2D eigenvalue weighted by molar-refractivity contribution is 0.0205. The molecule has 0 radical (unpaired) electrons. The highest BCUT2D eigenvalue weighted by Crippen LogP contribution is 2.19. The molecule has 106 valence electrons. The van der Waals surface area contributed by atoms with Crippen LogP contribution in [-0.2, 0) is 4.74 Å². The SMILES string of the molecule is CCOC(CN1CCN(CBr)CC1)c1ccccc1. The Kier molecular flexibility index (Phi) is 6.31. The van der Waals surface area contributed by atoms with Crippen LogP contribution in [0.3, 0.4) is 0 Å². The normalized spacial score (nSPS) is 19.5. The lowest BCUT2D eigenvalue weighted by Gasteiger charge is -2.35. The molecule has 0 N–H and O–H groups in total. The van der Waals surface area contributed by atoms with E-state index in [9.17, 15) is 0 Å². The van der Waals surface area contributed by atoms with Crippen LogP contribution in [0.4, 0.5) is 0 Å². The third-order valence-corrected chi connectivity index (χ3v) is 4.31. The summed E-state index contributed by atoms with van der Waals surface area (Å²) in [7, 11) is 0. The number of hydrogen-bond acceptors (Lipinski definition) is 3. The van der Waals surface area contributed by atoms with Gasteiger partial charge in [0.1, 0.15) is 0 Å². The average molecular weight is 327 g/mol. The van der Waals surface area contributed by atoms with Crippen molar-refractivity contribution in [1.29, 1.82) is 0 Å². The molecule has 3 nitrogen and oxygen atoms in total. The van der Waals surface area contributed by atoms with Gasteiger partial charge >= 0.3 is 0 Å². The zero-order valence-electron chi connectivity index (χ0n) is 11.6. The topological polar surface area (TPSA) is 15.7 Å². The number of ether oxygens (including phenoxy) is 1. The van der Waals surface area contributed by atoms with Gasteiger partial charge in [-0.25, -0.2) is 0 Å². The van der Waals surface area contributed by atoms with Crippen molar-refractivity contribution in [2.24, 2.45) is 0 Å². The van der Waals surface area contributed by atoms with Crippen LogP contribution in [0.2, 0.25) is 0 Å². The predicted molar refractivity (Wildman–Crippen MR) is 82.6 cm³/mol. The minimum Gasteiger partial charge on any atom is -0.372 e. The number of alkyl halides is 1. The van der Waals surface area contributed by atoms with E-state index in [4.69, 9.17) is 4.74 Å². The van der Waals surface area contributed by atoms with Crippen molar-refractivity contribution >= 4 is 15.9 Å². The number of piperazine rings is 1. The van der Waals surface area contributed by atoms with Crippen LogP contribution in [0, 0.1) is 0 Å². The summed E-state index contributed by atoms with van der Waals surface area (Å²) in [5.74, 6) is 0. The summed E-state index contributed by atoms with van der Waals surface area (Å²) in [6.07, 6.45) is 0.196.